The highest BCUT2D eigenvalue weighted by atomic mass is 35.5. The summed E-state index contributed by atoms with van der Waals surface area (Å²) in [5, 5.41) is 15.7. The van der Waals surface area contributed by atoms with Gasteiger partial charge in [-0.15, -0.1) is 0 Å². The zero-order valence-corrected chi connectivity index (χ0v) is 16.8. The molecule has 0 aliphatic carbocycles. The van der Waals surface area contributed by atoms with Gasteiger partial charge in [0.15, 0.2) is 0 Å². The fraction of sp³-hybridized carbons (Fsp3) is 0.238. The number of rotatable bonds is 6. The van der Waals surface area contributed by atoms with Crippen LogP contribution in [0, 0.1) is 0 Å². The van der Waals surface area contributed by atoms with E-state index in [9.17, 15) is 9.59 Å². The van der Waals surface area contributed by atoms with E-state index in [1.807, 2.05) is 18.2 Å². The number of carbonyl (C=O) groups is 2. The third-order valence-corrected chi connectivity index (χ3v) is 5.19. The summed E-state index contributed by atoms with van der Waals surface area (Å²) in [5.74, 6) is -0.250. The van der Waals surface area contributed by atoms with Gasteiger partial charge in [-0.05, 0) is 30.3 Å². The van der Waals surface area contributed by atoms with Crippen molar-refractivity contribution in [1.82, 2.24) is 9.99 Å². The zero-order chi connectivity index (χ0) is 21.3. The molecule has 0 radical (unpaired) electrons. The summed E-state index contributed by atoms with van der Waals surface area (Å²) in [5.41, 5.74) is 1.87. The number of carboxylic acid groups (broad SMARTS) is 1. The van der Waals surface area contributed by atoms with Crippen molar-refractivity contribution in [2.75, 3.05) is 7.11 Å². The second-order valence-corrected chi connectivity index (χ2v) is 7.16. The minimum Gasteiger partial charge on any atom is -0.497 e. The number of furan rings is 1. The molecule has 1 amide bonds. The van der Waals surface area contributed by atoms with Gasteiger partial charge in [-0.2, -0.15) is 5.10 Å². The lowest BCUT2D eigenvalue weighted by molar-refractivity contribution is -0.141. The molecule has 0 saturated heterocycles. The van der Waals surface area contributed by atoms with Crippen molar-refractivity contribution in [1.29, 1.82) is 0 Å². The number of halogens is 1. The summed E-state index contributed by atoms with van der Waals surface area (Å²) in [6, 6.07) is 10.3. The van der Waals surface area contributed by atoms with Crippen molar-refractivity contribution in [2.45, 2.75) is 25.3 Å². The van der Waals surface area contributed by atoms with Crippen LogP contribution >= 0.6 is 11.6 Å². The van der Waals surface area contributed by atoms with Crippen molar-refractivity contribution in [2.24, 2.45) is 5.10 Å². The second kappa shape index (κ2) is 8.16. The Labute approximate surface area is 176 Å². The smallest absolute Gasteiger partial charge is 0.303 e. The maximum Gasteiger partial charge on any atom is 0.303 e. The Kier molecular flexibility index (Phi) is 5.41. The molecule has 1 aromatic carbocycles. The molecule has 0 unspecified atom stereocenters. The fourth-order valence-electron chi connectivity index (χ4n) is 3.40. The lowest BCUT2D eigenvalue weighted by atomic mass is 10.0. The van der Waals surface area contributed by atoms with Crippen LogP contribution in [0.3, 0.4) is 0 Å². The van der Waals surface area contributed by atoms with Crippen molar-refractivity contribution in [3.63, 3.8) is 0 Å². The topological polar surface area (TPSA) is 105 Å². The number of hydrogen-bond acceptors (Lipinski definition) is 6. The van der Waals surface area contributed by atoms with Crippen molar-refractivity contribution in [3.8, 4) is 5.75 Å². The molecule has 3 heterocycles. The highest BCUT2D eigenvalue weighted by Gasteiger charge is 2.35. The Morgan fingerprint density at radius 1 is 1.30 bits per heavy atom. The van der Waals surface area contributed by atoms with Crippen molar-refractivity contribution in [3.05, 3.63) is 59.1 Å². The molecule has 1 atom stereocenters. The summed E-state index contributed by atoms with van der Waals surface area (Å²) in [7, 11) is 1.57. The fourth-order valence-corrected chi connectivity index (χ4v) is 3.67. The number of aromatic nitrogens is 1. The summed E-state index contributed by atoms with van der Waals surface area (Å²) >= 11 is 6.49. The molecule has 3 aromatic rings. The largest absolute Gasteiger partial charge is 0.497 e. The van der Waals surface area contributed by atoms with Gasteiger partial charge in [-0.3, -0.25) is 9.59 Å². The monoisotopic (exact) mass is 427 g/mol. The third-order valence-electron chi connectivity index (χ3n) is 4.89. The molecule has 0 bridgehead atoms. The van der Waals surface area contributed by atoms with Crippen LogP contribution in [0.4, 0.5) is 0 Å². The average molecular weight is 428 g/mol. The zero-order valence-electron chi connectivity index (χ0n) is 16.0. The molecule has 154 valence electrons. The Morgan fingerprint density at radius 2 is 2.13 bits per heavy atom. The van der Waals surface area contributed by atoms with Crippen LogP contribution in [0.25, 0.3) is 10.9 Å². The van der Waals surface area contributed by atoms with Crippen LogP contribution in [-0.4, -0.2) is 39.8 Å². The molecule has 0 spiro atoms. The van der Waals surface area contributed by atoms with Crippen LogP contribution in [0.5, 0.6) is 5.75 Å². The van der Waals surface area contributed by atoms with E-state index >= 15 is 0 Å². The summed E-state index contributed by atoms with van der Waals surface area (Å²) < 4.78 is 10.7. The number of hydrazone groups is 1. The first-order chi connectivity index (χ1) is 14.5. The van der Waals surface area contributed by atoms with Crippen LogP contribution in [0.2, 0.25) is 5.15 Å². The molecule has 1 aliphatic heterocycles. The van der Waals surface area contributed by atoms with Crippen LogP contribution < -0.4 is 4.74 Å². The first-order valence-electron chi connectivity index (χ1n) is 9.25. The lowest BCUT2D eigenvalue weighted by Gasteiger charge is -2.22. The lowest BCUT2D eigenvalue weighted by Crippen LogP contribution is -2.27. The van der Waals surface area contributed by atoms with Gasteiger partial charge in [0, 0.05) is 29.9 Å². The Balaban J connectivity index is 1.72. The number of hydrogen-bond donors (Lipinski definition) is 1. The molecule has 0 saturated carbocycles. The van der Waals surface area contributed by atoms with Crippen LogP contribution in [-0.2, 0) is 9.59 Å². The standard InChI is InChI=1S/C21H18ClN3O5/c1-29-13-5-4-12-9-14(21(22)23-15(12)10-13)17-11-16(18-3-2-8-30-18)24-25(17)19(26)6-7-20(27)28/h2-5,8-10,17H,6-7,11H2,1H3,(H,27,28)/t17-/m1/s1. The predicted molar refractivity (Wildman–Crippen MR) is 110 cm³/mol. The van der Waals surface area contributed by atoms with Gasteiger partial charge in [0.05, 0.1) is 31.4 Å². The molecule has 30 heavy (non-hydrogen) atoms. The minimum absolute atomic E-state index is 0.170. The normalized spacial score (nSPS) is 16.0. The molecule has 2 aromatic heterocycles. The van der Waals surface area contributed by atoms with E-state index in [1.165, 1.54) is 11.3 Å². The highest BCUT2D eigenvalue weighted by Crippen LogP contribution is 2.38. The summed E-state index contributed by atoms with van der Waals surface area (Å²) in [4.78, 5) is 28.1. The molecule has 9 heteroatoms. The molecular formula is C21H18ClN3O5. The Hall–Kier alpha value is -3.39. The number of carbonyl (C=O) groups excluding carboxylic acids is 1. The van der Waals surface area contributed by atoms with Crippen LogP contribution in [0.1, 0.15) is 36.6 Å². The third kappa shape index (κ3) is 3.86. The molecular weight excluding hydrogens is 410 g/mol. The number of methoxy groups -OCH3 is 1. The van der Waals surface area contributed by atoms with E-state index in [4.69, 9.17) is 25.9 Å². The number of pyridine rings is 1. The van der Waals surface area contributed by atoms with Crippen molar-refractivity contribution >= 4 is 40.1 Å². The summed E-state index contributed by atoms with van der Waals surface area (Å²) in [6.07, 6.45) is 1.45. The van der Waals surface area contributed by atoms with Gasteiger partial charge in [0.25, 0.3) is 0 Å². The predicted octanol–water partition coefficient (Wildman–Crippen LogP) is 4.03. The van der Waals surface area contributed by atoms with Gasteiger partial charge in [0.2, 0.25) is 5.91 Å². The quantitative estimate of drug-likeness (QED) is 0.595. The summed E-state index contributed by atoms with van der Waals surface area (Å²) in [6.45, 7) is 0. The van der Waals surface area contributed by atoms with E-state index in [0.717, 1.165) is 5.39 Å². The molecule has 1 aliphatic rings. The maximum atomic E-state index is 12.8. The Bertz CT molecular complexity index is 1140. The van der Waals surface area contributed by atoms with E-state index in [1.54, 1.807) is 25.3 Å². The highest BCUT2D eigenvalue weighted by molar-refractivity contribution is 6.30. The number of aliphatic carboxylic acids is 1. The van der Waals surface area contributed by atoms with Gasteiger partial charge in [-0.25, -0.2) is 9.99 Å². The SMILES string of the molecule is COc1ccc2cc([C@H]3CC(c4ccco4)=NN3C(=O)CCC(=O)O)c(Cl)nc2c1. The number of nitrogens with zero attached hydrogens (tertiary/aromatic N) is 3. The number of amides is 1. The van der Waals surface area contributed by atoms with E-state index in [-0.39, 0.29) is 18.0 Å². The first kappa shape index (κ1) is 19.9. The number of ether oxygens (including phenoxy) is 1. The average Bonchev–Trinajstić information content (AvgIpc) is 3.40. The number of benzene rings is 1. The molecule has 0 fully saturated rings. The van der Waals surface area contributed by atoms with Gasteiger partial charge in [-0.1, -0.05) is 11.6 Å². The second-order valence-electron chi connectivity index (χ2n) is 6.80. The Morgan fingerprint density at radius 3 is 2.83 bits per heavy atom. The molecule has 4 rings (SSSR count). The van der Waals surface area contributed by atoms with Gasteiger partial charge >= 0.3 is 5.97 Å². The maximum absolute atomic E-state index is 12.8. The molecule has 8 nitrogen and oxygen atoms in total. The number of fused-ring (bicyclic) bond motifs is 1. The van der Waals surface area contributed by atoms with Crippen LogP contribution in [0.15, 0.2) is 52.2 Å². The van der Waals surface area contributed by atoms with E-state index in [0.29, 0.717) is 34.7 Å². The number of carboxylic acids is 1. The van der Waals surface area contributed by atoms with E-state index < -0.39 is 17.9 Å². The van der Waals surface area contributed by atoms with Gasteiger partial charge in [0.1, 0.15) is 22.4 Å². The van der Waals surface area contributed by atoms with Crippen molar-refractivity contribution < 1.29 is 23.8 Å². The van der Waals surface area contributed by atoms with E-state index in [2.05, 4.69) is 10.1 Å². The minimum atomic E-state index is -1.05. The van der Waals surface area contributed by atoms with Gasteiger partial charge < -0.3 is 14.3 Å². The first-order valence-corrected chi connectivity index (χ1v) is 9.63. The molecule has 1 N–H and O–H groups in total.